The Morgan fingerprint density at radius 3 is 2.58 bits per heavy atom. The second kappa shape index (κ2) is 5.90. The predicted molar refractivity (Wildman–Crippen MR) is 70.8 cm³/mol. The average molecular weight is 304 g/mol. The minimum absolute atomic E-state index is 0.0233. The van der Waals surface area contributed by atoms with Gasteiger partial charge in [0.2, 0.25) is 0 Å². The zero-order valence-electron chi connectivity index (χ0n) is 10.1. The van der Waals surface area contributed by atoms with Crippen LogP contribution in [-0.2, 0) is 13.8 Å². The highest BCUT2D eigenvalue weighted by Gasteiger charge is 2.17. The Balaban J connectivity index is 1.95. The van der Waals surface area contributed by atoms with Gasteiger partial charge in [-0.25, -0.2) is 8.42 Å². The number of carbonyl (C=O) groups excluding carboxylic acids is 1. The largest absolute Gasteiger partial charge is 0.376 e. The fourth-order valence-corrected chi connectivity index (χ4v) is 2.65. The Morgan fingerprint density at radius 1 is 1.37 bits per heavy atom. The van der Waals surface area contributed by atoms with E-state index in [-0.39, 0.29) is 16.9 Å². The summed E-state index contributed by atoms with van der Waals surface area (Å²) in [6.45, 7) is 1.21. The van der Waals surface area contributed by atoms with Crippen molar-refractivity contribution in [2.45, 2.75) is 23.8 Å². The van der Waals surface area contributed by atoms with Crippen LogP contribution in [0.3, 0.4) is 0 Å². The van der Waals surface area contributed by atoms with Gasteiger partial charge in [-0.3, -0.25) is 4.79 Å². The number of ether oxygens (including phenoxy) is 1. The SMILES string of the molecule is O=C(NCC1CCCO1)c1ccc(S(=O)(=O)Cl)cc1. The fourth-order valence-electron chi connectivity index (χ4n) is 1.88. The number of benzene rings is 1. The monoisotopic (exact) mass is 303 g/mol. The Bertz CT molecular complexity index is 550. The summed E-state index contributed by atoms with van der Waals surface area (Å²) in [7, 11) is 1.44. The van der Waals surface area contributed by atoms with E-state index in [4.69, 9.17) is 15.4 Å². The Hall–Kier alpha value is -1.11. The first kappa shape index (κ1) is 14.3. The molecule has 1 atom stereocenters. The fraction of sp³-hybridized carbons (Fsp3) is 0.417. The first-order chi connectivity index (χ1) is 8.97. The van der Waals surface area contributed by atoms with Crippen molar-refractivity contribution in [2.24, 2.45) is 0 Å². The van der Waals surface area contributed by atoms with Gasteiger partial charge in [-0.2, -0.15) is 0 Å². The lowest BCUT2D eigenvalue weighted by atomic mass is 10.2. The zero-order valence-corrected chi connectivity index (χ0v) is 11.7. The molecule has 5 nitrogen and oxygen atoms in total. The van der Waals surface area contributed by atoms with Gasteiger partial charge < -0.3 is 10.1 Å². The molecule has 1 fully saturated rings. The molecular formula is C12H14ClNO4S. The minimum atomic E-state index is -3.75. The van der Waals surface area contributed by atoms with E-state index in [0.717, 1.165) is 19.4 Å². The molecule has 0 spiro atoms. The number of hydrogen-bond donors (Lipinski definition) is 1. The number of rotatable bonds is 4. The molecule has 1 aromatic rings. The van der Waals surface area contributed by atoms with Gasteiger partial charge in [0.15, 0.2) is 0 Å². The van der Waals surface area contributed by atoms with E-state index in [1.54, 1.807) is 0 Å². The van der Waals surface area contributed by atoms with Gasteiger partial charge in [-0.15, -0.1) is 0 Å². The predicted octanol–water partition coefficient (Wildman–Crippen LogP) is 1.52. The smallest absolute Gasteiger partial charge is 0.261 e. The van der Waals surface area contributed by atoms with E-state index in [2.05, 4.69) is 5.32 Å². The topological polar surface area (TPSA) is 72.5 Å². The maximum absolute atomic E-state index is 11.8. The van der Waals surface area contributed by atoms with Gasteiger partial charge in [-0.05, 0) is 37.1 Å². The first-order valence-corrected chi connectivity index (χ1v) is 8.22. The number of amides is 1. The molecule has 1 N–H and O–H groups in total. The van der Waals surface area contributed by atoms with Crippen molar-refractivity contribution in [3.8, 4) is 0 Å². The Morgan fingerprint density at radius 2 is 2.05 bits per heavy atom. The first-order valence-electron chi connectivity index (χ1n) is 5.91. The molecule has 1 saturated heterocycles. The highest BCUT2D eigenvalue weighted by molar-refractivity contribution is 8.13. The van der Waals surface area contributed by atoms with Crippen molar-refractivity contribution in [3.05, 3.63) is 29.8 Å². The van der Waals surface area contributed by atoms with Gasteiger partial charge in [0, 0.05) is 29.4 Å². The van der Waals surface area contributed by atoms with E-state index in [9.17, 15) is 13.2 Å². The summed E-state index contributed by atoms with van der Waals surface area (Å²) in [6, 6.07) is 5.48. The van der Waals surface area contributed by atoms with Crippen LogP contribution in [0.5, 0.6) is 0 Å². The van der Waals surface area contributed by atoms with Crippen LogP contribution in [0.2, 0.25) is 0 Å². The standard InChI is InChI=1S/C12H14ClNO4S/c13-19(16,17)11-5-3-9(4-6-11)12(15)14-8-10-2-1-7-18-10/h3-6,10H,1-2,7-8H2,(H,14,15). The maximum atomic E-state index is 11.8. The molecule has 1 amide bonds. The van der Waals surface area contributed by atoms with Crippen LogP contribution in [0, 0.1) is 0 Å². The maximum Gasteiger partial charge on any atom is 0.261 e. The van der Waals surface area contributed by atoms with Gasteiger partial charge in [0.25, 0.3) is 15.0 Å². The molecule has 0 aliphatic carbocycles. The molecule has 7 heteroatoms. The molecule has 1 unspecified atom stereocenters. The van der Waals surface area contributed by atoms with Gasteiger partial charge in [0.05, 0.1) is 11.0 Å². The Kier molecular flexibility index (Phi) is 4.44. The summed E-state index contributed by atoms with van der Waals surface area (Å²) < 4.78 is 27.5. The van der Waals surface area contributed by atoms with Crippen LogP contribution in [0.4, 0.5) is 0 Å². The Labute approximate surface area is 116 Å². The molecule has 1 aliphatic heterocycles. The molecule has 0 bridgehead atoms. The van der Waals surface area contributed by atoms with E-state index in [1.165, 1.54) is 24.3 Å². The van der Waals surface area contributed by atoms with Crippen LogP contribution in [-0.4, -0.2) is 33.6 Å². The summed E-state index contributed by atoms with van der Waals surface area (Å²) in [5.74, 6) is -0.256. The lowest BCUT2D eigenvalue weighted by molar-refractivity contribution is 0.0857. The molecule has 0 radical (unpaired) electrons. The molecule has 0 aromatic heterocycles. The van der Waals surface area contributed by atoms with Crippen molar-refractivity contribution in [3.63, 3.8) is 0 Å². The van der Waals surface area contributed by atoms with E-state index in [1.807, 2.05) is 0 Å². The van der Waals surface area contributed by atoms with Crippen LogP contribution in [0.1, 0.15) is 23.2 Å². The van der Waals surface area contributed by atoms with Crippen molar-refractivity contribution in [1.29, 1.82) is 0 Å². The van der Waals surface area contributed by atoms with E-state index in [0.29, 0.717) is 12.1 Å². The van der Waals surface area contributed by atoms with Crippen molar-refractivity contribution in [1.82, 2.24) is 5.32 Å². The van der Waals surface area contributed by atoms with Crippen LogP contribution >= 0.6 is 10.7 Å². The van der Waals surface area contributed by atoms with E-state index < -0.39 is 9.05 Å². The quantitative estimate of drug-likeness (QED) is 0.856. The van der Waals surface area contributed by atoms with Gasteiger partial charge >= 0.3 is 0 Å². The average Bonchev–Trinajstić information content (AvgIpc) is 2.88. The molecular weight excluding hydrogens is 290 g/mol. The highest BCUT2D eigenvalue weighted by Crippen LogP contribution is 2.15. The van der Waals surface area contributed by atoms with Crippen LogP contribution in [0.25, 0.3) is 0 Å². The molecule has 1 aromatic carbocycles. The summed E-state index contributed by atoms with van der Waals surface area (Å²) in [5, 5.41) is 2.75. The summed E-state index contributed by atoms with van der Waals surface area (Å²) >= 11 is 0. The van der Waals surface area contributed by atoms with Crippen LogP contribution in [0.15, 0.2) is 29.2 Å². The lowest BCUT2D eigenvalue weighted by Gasteiger charge is -2.10. The molecule has 19 heavy (non-hydrogen) atoms. The van der Waals surface area contributed by atoms with Gasteiger partial charge in [-0.1, -0.05) is 0 Å². The number of carbonyl (C=O) groups is 1. The number of nitrogens with one attached hydrogen (secondary N) is 1. The zero-order chi connectivity index (χ0) is 13.9. The lowest BCUT2D eigenvalue weighted by Crippen LogP contribution is -2.31. The normalized spacial score (nSPS) is 19.3. The number of hydrogen-bond acceptors (Lipinski definition) is 4. The minimum Gasteiger partial charge on any atom is -0.376 e. The molecule has 1 aliphatic rings. The third-order valence-electron chi connectivity index (χ3n) is 2.91. The van der Waals surface area contributed by atoms with Crippen molar-refractivity contribution in [2.75, 3.05) is 13.2 Å². The van der Waals surface area contributed by atoms with Crippen molar-refractivity contribution < 1.29 is 17.9 Å². The molecule has 2 rings (SSSR count). The summed E-state index contributed by atoms with van der Waals surface area (Å²) in [4.78, 5) is 11.8. The highest BCUT2D eigenvalue weighted by atomic mass is 35.7. The third kappa shape index (κ3) is 3.92. The second-order valence-corrected chi connectivity index (χ2v) is 6.87. The molecule has 104 valence electrons. The molecule has 0 saturated carbocycles. The summed E-state index contributed by atoms with van der Waals surface area (Å²) in [6.07, 6.45) is 2.04. The number of halogens is 1. The van der Waals surface area contributed by atoms with E-state index >= 15 is 0 Å². The second-order valence-electron chi connectivity index (χ2n) is 4.31. The van der Waals surface area contributed by atoms with Gasteiger partial charge in [0.1, 0.15) is 0 Å². The summed E-state index contributed by atoms with van der Waals surface area (Å²) in [5.41, 5.74) is 0.391. The third-order valence-corrected chi connectivity index (χ3v) is 4.28. The van der Waals surface area contributed by atoms with Crippen LogP contribution < -0.4 is 5.32 Å². The van der Waals surface area contributed by atoms with Crippen molar-refractivity contribution >= 4 is 25.6 Å². The molecule has 1 heterocycles.